The summed E-state index contributed by atoms with van der Waals surface area (Å²) in [7, 11) is 4.13. The number of amides is 1. The number of carbonyl (C=O) groups excluding carboxylic acids is 2. The Morgan fingerprint density at radius 1 is 1.04 bits per heavy atom. The summed E-state index contributed by atoms with van der Waals surface area (Å²) in [5, 5.41) is 0. The fourth-order valence-electron chi connectivity index (χ4n) is 9.62. The van der Waals surface area contributed by atoms with Gasteiger partial charge in [-0.3, -0.25) is 4.79 Å². The Morgan fingerprint density at radius 2 is 1.75 bits per heavy atom. The second-order valence-electron chi connectivity index (χ2n) is 16.8. The van der Waals surface area contributed by atoms with Crippen LogP contribution in [0.5, 0.6) is 5.75 Å². The van der Waals surface area contributed by atoms with E-state index < -0.39 is 18.2 Å². The molecule has 3 heterocycles. The van der Waals surface area contributed by atoms with E-state index in [9.17, 15) is 27.2 Å². The number of piperidine rings is 1. The van der Waals surface area contributed by atoms with E-state index in [0.29, 0.717) is 34.7 Å². The largest absolute Gasteiger partial charge is 0.415 e. The third-order valence-electron chi connectivity index (χ3n) is 13.7. The van der Waals surface area contributed by atoms with E-state index >= 15 is 0 Å². The lowest BCUT2D eigenvalue weighted by Gasteiger charge is -2.48. The fourth-order valence-corrected chi connectivity index (χ4v) is 10.9. The molecule has 3 aliphatic carbocycles. The molecule has 1 aromatic carbocycles. The van der Waals surface area contributed by atoms with Crippen molar-refractivity contribution in [2.24, 2.45) is 22.7 Å². The van der Waals surface area contributed by atoms with Gasteiger partial charge in [-0.25, -0.2) is 26.7 Å². The lowest BCUT2D eigenvalue weighted by Crippen LogP contribution is -2.46. The van der Waals surface area contributed by atoms with Crippen LogP contribution in [0.4, 0.5) is 22.4 Å². The Balaban J connectivity index is 0.000000224. The smallest absolute Gasteiger partial charge is 0.410 e. The second-order valence-corrected chi connectivity index (χ2v) is 17.9. The van der Waals surface area contributed by atoms with Gasteiger partial charge in [0.15, 0.2) is 7.85 Å². The molecule has 0 aromatic heterocycles. The first-order valence-electron chi connectivity index (χ1n) is 19.2. The van der Waals surface area contributed by atoms with Gasteiger partial charge in [-0.1, -0.05) is 31.9 Å². The van der Waals surface area contributed by atoms with Gasteiger partial charge in [-0.05, 0) is 130 Å². The molecule has 2 radical (unpaired) electrons. The van der Waals surface area contributed by atoms with E-state index in [2.05, 4.69) is 52.0 Å². The van der Waals surface area contributed by atoms with Crippen LogP contribution < -0.4 is 4.74 Å². The molecule has 3 saturated heterocycles. The molecule has 6 nitrogen and oxygen atoms in total. The van der Waals surface area contributed by atoms with Crippen LogP contribution in [0.2, 0.25) is 0 Å². The molecule has 1 spiro atoms. The number of hydrogen-bond acceptors (Lipinski definition) is 6. The van der Waals surface area contributed by atoms with Gasteiger partial charge in [0.25, 0.3) is 11.7 Å². The van der Waals surface area contributed by atoms with Crippen LogP contribution >= 0.6 is 11.9 Å². The summed E-state index contributed by atoms with van der Waals surface area (Å²) in [6.45, 7) is 12.7. The molecular formula is C39H55BF4N2O4S. The molecule has 12 heteroatoms. The predicted molar refractivity (Wildman–Crippen MR) is 193 cm³/mol. The van der Waals surface area contributed by atoms with Gasteiger partial charge < -0.3 is 14.4 Å². The van der Waals surface area contributed by atoms with Gasteiger partial charge in [0.05, 0.1) is 0 Å². The van der Waals surface area contributed by atoms with E-state index in [4.69, 9.17) is 9.47 Å². The number of hydrogen-bond donors (Lipinski definition) is 0. The van der Waals surface area contributed by atoms with Crippen LogP contribution in [0.25, 0.3) is 0 Å². The number of nitrogens with zero attached hydrogens (tertiary/aromatic N) is 2. The molecule has 6 unspecified atom stereocenters. The molecule has 7 rings (SSSR count). The molecule has 282 valence electrons. The zero-order chi connectivity index (χ0) is 36.8. The van der Waals surface area contributed by atoms with Gasteiger partial charge in [0.2, 0.25) is 0 Å². The number of alkyl halides is 4. The maximum atomic E-state index is 13.0. The minimum absolute atomic E-state index is 0.0285. The summed E-state index contributed by atoms with van der Waals surface area (Å²) < 4.78 is 63.8. The fraction of sp³-hybridized carbons (Fsp3) is 0.795. The number of likely N-dealkylation sites (tertiary alicyclic amines) is 1. The Bertz CT molecular complexity index is 1440. The Kier molecular flexibility index (Phi) is 11.3. The second kappa shape index (κ2) is 14.8. The van der Waals surface area contributed by atoms with Crippen molar-refractivity contribution >= 4 is 31.7 Å². The van der Waals surface area contributed by atoms with Crippen molar-refractivity contribution in [1.29, 1.82) is 0 Å². The Morgan fingerprint density at radius 3 is 2.39 bits per heavy atom. The first-order valence-corrected chi connectivity index (χ1v) is 20.1. The monoisotopic (exact) mass is 734 g/mol. The number of carbonyl (C=O) groups is 2. The zero-order valence-corrected chi connectivity index (χ0v) is 31.7. The van der Waals surface area contributed by atoms with Crippen molar-refractivity contribution in [3.05, 3.63) is 28.8 Å². The average molecular weight is 735 g/mol. The number of halogens is 4. The first-order chi connectivity index (χ1) is 24.0. The van der Waals surface area contributed by atoms with Crippen molar-refractivity contribution in [2.45, 2.75) is 134 Å². The van der Waals surface area contributed by atoms with Gasteiger partial charge in [0, 0.05) is 62.4 Å². The van der Waals surface area contributed by atoms with Crippen LogP contribution in [-0.2, 0) is 16.0 Å². The van der Waals surface area contributed by atoms with Crippen LogP contribution in [0.3, 0.4) is 0 Å². The summed E-state index contributed by atoms with van der Waals surface area (Å²) in [6.07, 6.45) is 10.5. The lowest BCUT2D eigenvalue weighted by molar-refractivity contribution is -0.161. The van der Waals surface area contributed by atoms with Gasteiger partial charge in [0.1, 0.15) is 11.5 Å². The molecule has 0 bridgehead atoms. The number of Topliss-reactive ketones (excluding diaryl/α,β-unsaturated/α-hetero) is 1. The minimum atomic E-state index is -4.42. The van der Waals surface area contributed by atoms with E-state index in [1.54, 1.807) is 0 Å². The molecule has 2 saturated carbocycles. The quantitative estimate of drug-likeness (QED) is 0.0874. The molecular weight excluding hydrogens is 679 g/mol. The van der Waals surface area contributed by atoms with Crippen LogP contribution in [0, 0.1) is 29.6 Å². The summed E-state index contributed by atoms with van der Waals surface area (Å²) in [5.41, 5.74) is 4.30. The summed E-state index contributed by atoms with van der Waals surface area (Å²) in [5.74, 6) is -5.17. The number of ketones is 1. The third kappa shape index (κ3) is 8.03. The van der Waals surface area contributed by atoms with E-state index in [0.717, 1.165) is 115 Å². The van der Waals surface area contributed by atoms with Gasteiger partial charge in [-0.2, -0.15) is 0 Å². The SMILES string of the molecule is Cc1cc2c(cc1OC(=O)N1CCC3(CCOCC3)CC1)CCC1C2CCC2(C)C(=O)CCC12.[B]C(F)(F)C(F)(F)CCCSN1CC1(C)CC. The standard InChI is InChI=1S/C29H39NO4.C10H16BF4NS/c1-19-17-23-20(3-4-22-21(23)7-8-28(2)24(22)5-6-26(28)31)18-25(19)34-27(32)30-13-9-29(10-14-30)11-15-33-16-12-29;1-3-8(2)7-16(8)17-6-4-5-9(12,13)10(11,14)15/h17-18,21-22,24H,3-16H2,1-2H3;3-7H2,1-2H3. The molecule has 1 amide bonds. The Hall–Kier alpha value is -1.79. The summed E-state index contributed by atoms with van der Waals surface area (Å²) >= 11 is 1.44. The van der Waals surface area contributed by atoms with Crippen LogP contribution in [-0.4, -0.2) is 84.8 Å². The van der Waals surface area contributed by atoms with Gasteiger partial charge in [-0.15, -0.1) is 0 Å². The first kappa shape index (κ1) is 38.9. The normalized spacial score (nSPS) is 32.7. The van der Waals surface area contributed by atoms with Crippen molar-refractivity contribution in [3.8, 4) is 5.75 Å². The minimum Gasteiger partial charge on any atom is -0.410 e. The molecule has 6 atom stereocenters. The molecule has 51 heavy (non-hydrogen) atoms. The number of benzene rings is 1. The topological polar surface area (TPSA) is 58.8 Å². The van der Waals surface area contributed by atoms with E-state index in [-0.39, 0.29) is 23.5 Å². The Labute approximate surface area is 307 Å². The average Bonchev–Trinajstić information content (AvgIpc) is 3.65. The van der Waals surface area contributed by atoms with Gasteiger partial charge >= 0.3 is 6.09 Å². The summed E-state index contributed by atoms with van der Waals surface area (Å²) in [6, 6.07) is 4.44. The van der Waals surface area contributed by atoms with Crippen molar-refractivity contribution in [3.63, 3.8) is 0 Å². The van der Waals surface area contributed by atoms with E-state index in [1.165, 1.54) is 23.1 Å². The predicted octanol–water partition coefficient (Wildman–Crippen LogP) is 9.11. The zero-order valence-electron chi connectivity index (χ0n) is 30.8. The number of rotatable bonds is 8. The highest BCUT2D eigenvalue weighted by Gasteiger charge is 2.55. The van der Waals surface area contributed by atoms with Crippen molar-refractivity contribution in [2.75, 3.05) is 38.6 Å². The highest BCUT2D eigenvalue weighted by atomic mass is 32.2. The summed E-state index contributed by atoms with van der Waals surface area (Å²) in [4.78, 5) is 27.5. The van der Waals surface area contributed by atoms with Crippen molar-refractivity contribution < 1.29 is 36.6 Å². The van der Waals surface area contributed by atoms with Crippen molar-refractivity contribution in [1.82, 2.24) is 9.21 Å². The van der Waals surface area contributed by atoms with E-state index in [1.807, 2.05) is 4.90 Å². The molecule has 3 aliphatic heterocycles. The van der Waals surface area contributed by atoms with Crippen LogP contribution in [0.15, 0.2) is 12.1 Å². The third-order valence-corrected chi connectivity index (χ3v) is 15.0. The highest BCUT2D eigenvalue weighted by molar-refractivity contribution is 7.97. The maximum absolute atomic E-state index is 13.0. The molecule has 0 N–H and O–H groups in total. The number of aryl methyl sites for hydroxylation is 2. The molecule has 6 aliphatic rings. The lowest BCUT2D eigenvalue weighted by atomic mass is 9.55. The number of fused-ring (bicyclic) bond motifs is 5. The maximum Gasteiger partial charge on any atom is 0.415 e. The number of ether oxygens (including phenoxy) is 2. The van der Waals surface area contributed by atoms with Crippen LogP contribution in [0.1, 0.15) is 120 Å². The molecule has 1 aromatic rings. The highest BCUT2D eigenvalue weighted by Crippen LogP contribution is 2.60. The molecule has 5 fully saturated rings.